The van der Waals surface area contributed by atoms with Gasteiger partial charge in [-0.05, 0) is 57.5 Å². The molecule has 4 heteroatoms. The Morgan fingerprint density at radius 3 is 2.63 bits per heavy atom. The molecule has 1 amide bonds. The van der Waals surface area contributed by atoms with Crippen LogP contribution in [0.5, 0.6) is 0 Å². The standard InChI is InChI=1S/C15H23N3O/c1-3-14(12-6-10-18(2)11-7-12)17-15(19)13-4-8-16-9-5-13/h4-5,8-9,12,14H,3,6-7,10-11H2,1-2H3,(H,17,19). The zero-order valence-corrected chi connectivity index (χ0v) is 11.8. The molecular weight excluding hydrogens is 238 g/mol. The molecule has 0 spiro atoms. The average molecular weight is 261 g/mol. The third-order valence-corrected chi connectivity index (χ3v) is 4.03. The summed E-state index contributed by atoms with van der Waals surface area (Å²) in [5.74, 6) is 0.625. The van der Waals surface area contributed by atoms with Gasteiger partial charge in [0, 0.05) is 24.0 Å². The first kappa shape index (κ1) is 14.0. The van der Waals surface area contributed by atoms with Gasteiger partial charge in [-0.1, -0.05) is 6.92 Å². The molecule has 1 saturated heterocycles. The van der Waals surface area contributed by atoms with E-state index in [1.807, 2.05) is 0 Å². The maximum atomic E-state index is 12.2. The zero-order valence-electron chi connectivity index (χ0n) is 11.8. The SMILES string of the molecule is CCC(NC(=O)c1ccncc1)C1CCN(C)CC1. The summed E-state index contributed by atoms with van der Waals surface area (Å²) >= 11 is 0. The van der Waals surface area contributed by atoms with E-state index in [9.17, 15) is 4.79 Å². The van der Waals surface area contributed by atoms with Crippen molar-refractivity contribution in [3.8, 4) is 0 Å². The maximum absolute atomic E-state index is 12.2. The number of piperidine rings is 1. The molecular formula is C15H23N3O. The van der Waals surface area contributed by atoms with Crippen LogP contribution in [-0.4, -0.2) is 42.0 Å². The van der Waals surface area contributed by atoms with Crippen molar-refractivity contribution in [2.24, 2.45) is 5.92 Å². The molecule has 0 radical (unpaired) electrons. The van der Waals surface area contributed by atoms with Gasteiger partial charge in [0.25, 0.3) is 5.91 Å². The molecule has 19 heavy (non-hydrogen) atoms. The Bertz CT molecular complexity index is 399. The van der Waals surface area contributed by atoms with Crippen LogP contribution in [-0.2, 0) is 0 Å². The van der Waals surface area contributed by atoms with Crippen molar-refractivity contribution >= 4 is 5.91 Å². The first-order chi connectivity index (χ1) is 9.20. The summed E-state index contributed by atoms with van der Waals surface area (Å²) in [6.07, 6.45) is 6.65. The molecule has 0 saturated carbocycles. The van der Waals surface area contributed by atoms with Crippen molar-refractivity contribution in [1.29, 1.82) is 0 Å². The van der Waals surface area contributed by atoms with Crippen LogP contribution in [0.3, 0.4) is 0 Å². The Labute approximate surface area is 115 Å². The molecule has 1 fully saturated rings. The lowest BCUT2D eigenvalue weighted by Crippen LogP contribution is -2.44. The van der Waals surface area contributed by atoms with Gasteiger partial charge < -0.3 is 10.2 Å². The fourth-order valence-electron chi connectivity index (χ4n) is 2.74. The normalized spacial score (nSPS) is 19.1. The van der Waals surface area contributed by atoms with Gasteiger partial charge in [0.05, 0.1) is 0 Å². The largest absolute Gasteiger partial charge is 0.349 e. The monoisotopic (exact) mass is 261 g/mol. The smallest absolute Gasteiger partial charge is 0.251 e. The van der Waals surface area contributed by atoms with Gasteiger partial charge in [0.1, 0.15) is 0 Å². The number of rotatable bonds is 4. The van der Waals surface area contributed by atoms with Crippen molar-refractivity contribution in [2.45, 2.75) is 32.2 Å². The molecule has 1 aliphatic rings. The van der Waals surface area contributed by atoms with Gasteiger partial charge in [0.2, 0.25) is 0 Å². The first-order valence-corrected chi connectivity index (χ1v) is 7.10. The summed E-state index contributed by atoms with van der Waals surface area (Å²) in [5, 5.41) is 3.18. The summed E-state index contributed by atoms with van der Waals surface area (Å²) in [5.41, 5.74) is 0.696. The summed E-state index contributed by atoms with van der Waals surface area (Å²) < 4.78 is 0. The molecule has 0 aliphatic carbocycles. The van der Waals surface area contributed by atoms with E-state index in [1.165, 1.54) is 12.8 Å². The minimum Gasteiger partial charge on any atom is -0.349 e. The van der Waals surface area contributed by atoms with Crippen LogP contribution < -0.4 is 5.32 Å². The fourth-order valence-corrected chi connectivity index (χ4v) is 2.74. The highest BCUT2D eigenvalue weighted by molar-refractivity contribution is 5.94. The summed E-state index contributed by atoms with van der Waals surface area (Å²) in [6, 6.07) is 3.81. The highest BCUT2D eigenvalue weighted by atomic mass is 16.1. The molecule has 1 unspecified atom stereocenters. The average Bonchev–Trinajstić information content (AvgIpc) is 2.46. The second-order valence-corrected chi connectivity index (χ2v) is 5.36. The Kier molecular flexibility index (Phi) is 4.91. The van der Waals surface area contributed by atoms with Crippen molar-refractivity contribution in [2.75, 3.05) is 20.1 Å². The number of likely N-dealkylation sites (tertiary alicyclic amines) is 1. The zero-order chi connectivity index (χ0) is 13.7. The Morgan fingerprint density at radius 2 is 2.05 bits per heavy atom. The number of carbonyl (C=O) groups excluding carboxylic acids is 1. The molecule has 1 aliphatic heterocycles. The van der Waals surface area contributed by atoms with Crippen LogP contribution in [0, 0.1) is 5.92 Å². The maximum Gasteiger partial charge on any atom is 0.251 e. The molecule has 1 aromatic rings. The lowest BCUT2D eigenvalue weighted by Gasteiger charge is -2.34. The van der Waals surface area contributed by atoms with Crippen LogP contribution in [0.25, 0.3) is 0 Å². The third kappa shape index (κ3) is 3.77. The van der Waals surface area contributed by atoms with Gasteiger partial charge in [-0.15, -0.1) is 0 Å². The summed E-state index contributed by atoms with van der Waals surface area (Å²) in [7, 11) is 2.16. The minimum atomic E-state index is 0.0215. The lowest BCUT2D eigenvalue weighted by atomic mass is 9.88. The van der Waals surface area contributed by atoms with Gasteiger partial charge >= 0.3 is 0 Å². The van der Waals surface area contributed by atoms with E-state index in [4.69, 9.17) is 0 Å². The van der Waals surface area contributed by atoms with Crippen LogP contribution in [0.2, 0.25) is 0 Å². The molecule has 1 aromatic heterocycles. The van der Waals surface area contributed by atoms with E-state index in [1.54, 1.807) is 24.5 Å². The molecule has 0 aromatic carbocycles. The molecule has 4 nitrogen and oxygen atoms in total. The van der Waals surface area contributed by atoms with Gasteiger partial charge in [-0.2, -0.15) is 0 Å². The topological polar surface area (TPSA) is 45.2 Å². The number of nitrogens with one attached hydrogen (secondary N) is 1. The van der Waals surface area contributed by atoms with Crippen LogP contribution in [0.1, 0.15) is 36.5 Å². The van der Waals surface area contributed by atoms with Crippen molar-refractivity contribution in [3.63, 3.8) is 0 Å². The number of hydrogen-bond donors (Lipinski definition) is 1. The Hall–Kier alpha value is -1.42. The Morgan fingerprint density at radius 1 is 1.42 bits per heavy atom. The van der Waals surface area contributed by atoms with E-state index < -0.39 is 0 Å². The number of nitrogens with zero attached hydrogens (tertiary/aromatic N) is 2. The summed E-state index contributed by atoms with van der Waals surface area (Å²) in [4.78, 5) is 18.5. The lowest BCUT2D eigenvalue weighted by molar-refractivity contribution is 0.0899. The second-order valence-electron chi connectivity index (χ2n) is 5.36. The first-order valence-electron chi connectivity index (χ1n) is 7.10. The predicted molar refractivity (Wildman–Crippen MR) is 76.0 cm³/mol. The van der Waals surface area contributed by atoms with E-state index in [0.717, 1.165) is 19.5 Å². The number of amides is 1. The van der Waals surface area contributed by atoms with Crippen molar-refractivity contribution < 1.29 is 4.79 Å². The number of carbonyl (C=O) groups is 1. The highest BCUT2D eigenvalue weighted by Gasteiger charge is 2.25. The van der Waals surface area contributed by atoms with E-state index >= 15 is 0 Å². The van der Waals surface area contributed by atoms with Crippen LogP contribution in [0.4, 0.5) is 0 Å². The highest BCUT2D eigenvalue weighted by Crippen LogP contribution is 2.21. The van der Waals surface area contributed by atoms with Crippen molar-refractivity contribution in [1.82, 2.24) is 15.2 Å². The number of hydrogen-bond acceptors (Lipinski definition) is 3. The summed E-state index contributed by atoms with van der Waals surface area (Å²) in [6.45, 7) is 4.41. The third-order valence-electron chi connectivity index (χ3n) is 4.03. The second kappa shape index (κ2) is 6.66. The number of aromatic nitrogens is 1. The van der Waals surface area contributed by atoms with Gasteiger partial charge in [-0.3, -0.25) is 9.78 Å². The Balaban J connectivity index is 1.94. The van der Waals surface area contributed by atoms with Gasteiger partial charge in [0.15, 0.2) is 0 Å². The quantitative estimate of drug-likeness (QED) is 0.901. The van der Waals surface area contributed by atoms with E-state index in [-0.39, 0.29) is 11.9 Å². The molecule has 104 valence electrons. The van der Waals surface area contributed by atoms with E-state index in [2.05, 4.69) is 29.2 Å². The molecule has 1 N–H and O–H groups in total. The fraction of sp³-hybridized carbons (Fsp3) is 0.600. The van der Waals surface area contributed by atoms with Gasteiger partial charge in [-0.25, -0.2) is 0 Å². The molecule has 0 bridgehead atoms. The van der Waals surface area contributed by atoms with Crippen LogP contribution >= 0.6 is 0 Å². The minimum absolute atomic E-state index is 0.0215. The van der Waals surface area contributed by atoms with Crippen LogP contribution in [0.15, 0.2) is 24.5 Å². The molecule has 1 atom stereocenters. The predicted octanol–water partition coefficient (Wildman–Crippen LogP) is 1.93. The molecule has 2 rings (SSSR count). The van der Waals surface area contributed by atoms with E-state index in [0.29, 0.717) is 11.5 Å². The van der Waals surface area contributed by atoms with Crippen molar-refractivity contribution in [3.05, 3.63) is 30.1 Å². The molecule has 2 heterocycles. The number of pyridine rings is 1.